The predicted octanol–water partition coefficient (Wildman–Crippen LogP) is 8.95. The highest BCUT2D eigenvalue weighted by atomic mass is 79.9. The molecule has 1 atom stereocenters. The van der Waals surface area contributed by atoms with Gasteiger partial charge in [0.2, 0.25) is 0 Å². The van der Waals surface area contributed by atoms with Crippen LogP contribution in [0.1, 0.15) is 32.7 Å². The number of aromatic nitrogens is 1. The van der Waals surface area contributed by atoms with Gasteiger partial charge in [-0.3, -0.25) is 9.78 Å². The lowest BCUT2D eigenvalue weighted by Crippen LogP contribution is -2.49. The van der Waals surface area contributed by atoms with Gasteiger partial charge in [0.15, 0.2) is 0 Å². The molecule has 0 spiro atoms. The lowest BCUT2D eigenvalue weighted by Gasteiger charge is -2.36. The molecule has 1 N–H and O–H groups in total. The molecule has 1 aromatic heterocycles. The Morgan fingerprint density at radius 2 is 1.61 bits per heavy atom. The van der Waals surface area contributed by atoms with Crippen LogP contribution in [-0.4, -0.2) is 23.4 Å². The molecular weight excluding hydrogens is 695 g/mol. The van der Waals surface area contributed by atoms with Gasteiger partial charge in [0.25, 0.3) is 5.91 Å². The Morgan fingerprint density at radius 3 is 2.20 bits per heavy atom. The number of carbonyl (C=O) groups is 1. The molecule has 0 saturated carbocycles. The second-order valence-corrected chi connectivity index (χ2v) is 10.7. The summed E-state index contributed by atoms with van der Waals surface area (Å²) < 4.78 is 127. The van der Waals surface area contributed by atoms with Crippen molar-refractivity contribution in [2.75, 3.05) is 0 Å². The zero-order valence-corrected chi connectivity index (χ0v) is 24.1. The minimum Gasteiger partial charge on any atom is -0.428 e. The van der Waals surface area contributed by atoms with Crippen molar-refractivity contribution in [3.63, 3.8) is 0 Å². The van der Waals surface area contributed by atoms with Gasteiger partial charge in [-0.15, -0.1) is 0 Å². The Bertz CT molecular complexity index is 1650. The molecule has 0 saturated heterocycles. The number of pyridine rings is 1. The number of amides is 1. The summed E-state index contributed by atoms with van der Waals surface area (Å²) in [4.78, 5) is 17.8. The third-order valence-corrected chi connectivity index (χ3v) is 7.03. The number of benzene rings is 3. The summed E-state index contributed by atoms with van der Waals surface area (Å²) in [5.74, 6) is -5.21. The first-order chi connectivity index (χ1) is 20.5. The molecule has 3 aromatic carbocycles. The predicted molar refractivity (Wildman–Crippen MR) is 145 cm³/mol. The summed E-state index contributed by atoms with van der Waals surface area (Å²) in [6.07, 6.45) is -13.7. The summed E-state index contributed by atoms with van der Waals surface area (Å²) in [5, 5.41) is 2.60. The monoisotopic (exact) mass is 710 g/mol. The Hall–Kier alpha value is -3.78. The van der Waals surface area contributed by atoms with Crippen LogP contribution in [0.5, 0.6) is 5.75 Å². The standard InChI is InChI=1S/C29H17BrClF9N2O2/c30-18-4-1-15(2-5-18)13-27(24-8-6-19(31)14-41-24,17-10-20(32)12-21(11-17)44-29(39,40)26(34)35)42-25(43)16-3-7-23(33)22(9-16)28(36,37)38/h1-12,14,26H,13H2,(H,42,43). The fourth-order valence-electron chi connectivity index (χ4n) is 4.28. The third-order valence-electron chi connectivity index (χ3n) is 6.28. The molecule has 0 fully saturated rings. The lowest BCUT2D eigenvalue weighted by molar-refractivity contribution is -0.253. The number of nitrogens with zero attached hydrogens (tertiary/aromatic N) is 1. The SMILES string of the molecule is O=C(NC(Cc1ccc(Br)cc1)(c1cc(F)cc(OC(F)(F)C(F)F)c1)c1ccc(Cl)cn1)c1ccc(F)c(C(F)(F)F)c1. The number of hydrogen-bond acceptors (Lipinski definition) is 3. The van der Waals surface area contributed by atoms with Gasteiger partial charge in [-0.1, -0.05) is 39.7 Å². The van der Waals surface area contributed by atoms with Crippen LogP contribution in [0.15, 0.2) is 83.5 Å². The normalized spacial score (nSPS) is 13.5. The second-order valence-electron chi connectivity index (χ2n) is 9.36. The molecule has 4 aromatic rings. The largest absolute Gasteiger partial charge is 0.461 e. The number of rotatable bonds is 9. The van der Waals surface area contributed by atoms with E-state index in [1.165, 1.54) is 12.1 Å². The van der Waals surface area contributed by atoms with Gasteiger partial charge in [0.1, 0.15) is 22.9 Å². The first kappa shape index (κ1) is 33.1. The van der Waals surface area contributed by atoms with E-state index in [4.69, 9.17) is 11.6 Å². The summed E-state index contributed by atoms with van der Waals surface area (Å²) >= 11 is 9.25. The summed E-state index contributed by atoms with van der Waals surface area (Å²) in [7, 11) is 0. The van der Waals surface area contributed by atoms with Crippen LogP contribution < -0.4 is 10.1 Å². The van der Waals surface area contributed by atoms with E-state index in [2.05, 4.69) is 31.0 Å². The first-order valence-corrected chi connectivity index (χ1v) is 13.4. The average Bonchev–Trinajstić information content (AvgIpc) is 2.93. The van der Waals surface area contributed by atoms with Crippen LogP contribution in [0.4, 0.5) is 39.5 Å². The average molecular weight is 712 g/mol. The van der Waals surface area contributed by atoms with E-state index in [1.54, 1.807) is 24.3 Å². The van der Waals surface area contributed by atoms with E-state index < -0.39 is 58.7 Å². The van der Waals surface area contributed by atoms with Crippen molar-refractivity contribution in [1.82, 2.24) is 10.3 Å². The van der Waals surface area contributed by atoms with E-state index in [-0.39, 0.29) is 28.8 Å². The van der Waals surface area contributed by atoms with Crippen LogP contribution in [0.25, 0.3) is 0 Å². The smallest absolute Gasteiger partial charge is 0.428 e. The summed E-state index contributed by atoms with van der Waals surface area (Å²) in [5.41, 5.74) is -4.60. The van der Waals surface area contributed by atoms with Crippen LogP contribution in [0.3, 0.4) is 0 Å². The maximum Gasteiger partial charge on any atom is 0.461 e. The van der Waals surface area contributed by atoms with Gasteiger partial charge in [-0.05, 0) is 65.7 Å². The number of hydrogen-bond donors (Lipinski definition) is 1. The molecule has 1 unspecified atom stereocenters. The van der Waals surface area contributed by atoms with E-state index >= 15 is 0 Å². The summed E-state index contributed by atoms with van der Waals surface area (Å²) in [6, 6.07) is 12.3. The van der Waals surface area contributed by atoms with Crippen molar-refractivity contribution in [2.45, 2.75) is 30.7 Å². The van der Waals surface area contributed by atoms with Gasteiger partial charge < -0.3 is 10.1 Å². The first-order valence-electron chi connectivity index (χ1n) is 12.2. The van der Waals surface area contributed by atoms with E-state index in [0.29, 0.717) is 22.2 Å². The van der Waals surface area contributed by atoms with Crippen molar-refractivity contribution in [1.29, 1.82) is 0 Å². The maximum atomic E-state index is 15.0. The molecule has 1 heterocycles. The molecule has 1 amide bonds. The highest BCUT2D eigenvalue weighted by molar-refractivity contribution is 9.10. The third kappa shape index (κ3) is 7.46. The molecular formula is C29H17BrClF9N2O2. The Labute approximate surface area is 256 Å². The number of halogens is 11. The highest BCUT2D eigenvalue weighted by Crippen LogP contribution is 2.38. The fraction of sp³-hybridized carbons (Fsp3) is 0.172. The van der Waals surface area contributed by atoms with Crippen LogP contribution in [-0.2, 0) is 18.1 Å². The summed E-state index contributed by atoms with van der Waals surface area (Å²) in [6.45, 7) is 0. The molecule has 44 heavy (non-hydrogen) atoms. The van der Waals surface area contributed by atoms with Crippen LogP contribution >= 0.6 is 27.5 Å². The molecule has 0 aliphatic heterocycles. The minimum absolute atomic E-state index is 0.103. The van der Waals surface area contributed by atoms with Gasteiger partial charge in [-0.2, -0.15) is 30.7 Å². The van der Waals surface area contributed by atoms with Crippen LogP contribution in [0, 0.1) is 11.6 Å². The van der Waals surface area contributed by atoms with E-state index in [9.17, 15) is 44.3 Å². The van der Waals surface area contributed by atoms with Gasteiger partial charge in [-0.25, -0.2) is 8.78 Å². The zero-order chi connectivity index (χ0) is 32.4. The molecule has 0 bridgehead atoms. The zero-order valence-electron chi connectivity index (χ0n) is 21.7. The van der Waals surface area contributed by atoms with Gasteiger partial charge in [0.05, 0.1) is 16.3 Å². The fourth-order valence-corrected chi connectivity index (χ4v) is 4.65. The van der Waals surface area contributed by atoms with Gasteiger partial charge in [0, 0.05) is 28.7 Å². The molecule has 0 aliphatic rings. The van der Waals surface area contributed by atoms with Crippen molar-refractivity contribution in [2.24, 2.45) is 0 Å². The highest BCUT2D eigenvalue weighted by Gasteiger charge is 2.45. The second kappa shape index (κ2) is 12.7. The van der Waals surface area contributed by atoms with E-state index in [1.807, 2.05) is 0 Å². The molecule has 4 nitrogen and oxygen atoms in total. The van der Waals surface area contributed by atoms with Crippen LogP contribution in [0.2, 0.25) is 5.02 Å². The van der Waals surface area contributed by atoms with Crippen molar-refractivity contribution < 1.29 is 49.0 Å². The molecule has 15 heteroatoms. The maximum absolute atomic E-state index is 15.0. The molecule has 232 valence electrons. The molecule has 0 aliphatic carbocycles. The van der Waals surface area contributed by atoms with Gasteiger partial charge >= 0.3 is 18.7 Å². The van der Waals surface area contributed by atoms with Crippen molar-refractivity contribution in [3.8, 4) is 5.75 Å². The number of carbonyl (C=O) groups excluding carboxylic acids is 1. The Balaban J connectivity index is 1.96. The molecule has 0 radical (unpaired) electrons. The number of alkyl halides is 7. The van der Waals surface area contributed by atoms with Crippen molar-refractivity contribution in [3.05, 3.63) is 128 Å². The molecule has 4 rings (SSSR count). The number of ether oxygens (including phenoxy) is 1. The lowest BCUT2D eigenvalue weighted by atomic mass is 9.80. The topological polar surface area (TPSA) is 51.2 Å². The van der Waals surface area contributed by atoms with E-state index in [0.717, 1.165) is 24.4 Å². The number of nitrogens with one attached hydrogen (secondary N) is 1. The minimum atomic E-state index is -5.17. The quantitative estimate of drug-likeness (QED) is 0.177. The Morgan fingerprint density at radius 1 is 0.932 bits per heavy atom. The van der Waals surface area contributed by atoms with Crippen molar-refractivity contribution >= 4 is 33.4 Å². The Kier molecular flexibility index (Phi) is 9.54.